The lowest BCUT2D eigenvalue weighted by Crippen LogP contribution is -2.24. The predicted octanol–water partition coefficient (Wildman–Crippen LogP) is 7.00. The Kier molecular flexibility index (Phi) is 8.92. The van der Waals surface area contributed by atoms with Crippen molar-refractivity contribution in [1.82, 2.24) is 9.99 Å². The Labute approximate surface area is 251 Å². The first-order chi connectivity index (χ1) is 20.2. The quantitative estimate of drug-likeness (QED) is 0.165. The van der Waals surface area contributed by atoms with Gasteiger partial charge in [0.2, 0.25) is 0 Å². The molecule has 8 heteroatoms. The first-order valence-electron chi connectivity index (χ1n) is 14.5. The molecular formula is C34H38N4O3S. The van der Waals surface area contributed by atoms with E-state index >= 15 is 0 Å². The maximum atomic E-state index is 13.7. The number of carbonyl (C=O) groups excluding carboxylic acids is 2. The minimum absolute atomic E-state index is 0.0806. The van der Waals surface area contributed by atoms with Gasteiger partial charge in [-0.3, -0.25) is 9.59 Å². The van der Waals surface area contributed by atoms with Gasteiger partial charge in [-0.25, -0.2) is 5.43 Å². The molecule has 2 amide bonds. The van der Waals surface area contributed by atoms with Crippen LogP contribution < -0.4 is 15.5 Å². The number of nitrogens with one attached hydrogen (secondary N) is 2. The Morgan fingerprint density at radius 1 is 1.00 bits per heavy atom. The zero-order valence-corrected chi connectivity index (χ0v) is 25.8. The molecule has 2 aromatic carbocycles. The summed E-state index contributed by atoms with van der Waals surface area (Å²) in [5.74, 6) is 0.263. The van der Waals surface area contributed by atoms with Crippen LogP contribution in [0.1, 0.15) is 74.2 Å². The molecule has 0 radical (unpaired) electrons. The van der Waals surface area contributed by atoms with Crippen LogP contribution in [0.3, 0.4) is 0 Å². The second-order valence-electron chi connectivity index (χ2n) is 11.0. The van der Waals surface area contributed by atoms with Crippen LogP contribution in [0.5, 0.6) is 5.75 Å². The van der Waals surface area contributed by atoms with Crippen molar-refractivity contribution in [3.05, 3.63) is 98.2 Å². The lowest BCUT2D eigenvalue weighted by Gasteiger charge is -2.14. The number of amides is 2. The normalized spacial score (nSPS) is 12.8. The Bertz CT molecular complexity index is 1650. The van der Waals surface area contributed by atoms with E-state index in [1.54, 1.807) is 17.6 Å². The molecule has 7 nitrogen and oxygen atoms in total. The number of hydrogen-bond donors (Lipinski definition) is 2. The minimum Gasteiger partial charge on any atom is -0.484 e. The zero-order valence-electron chi connectivity index (χ0n) is 25.0. The van der Waals surface area contributed by atoms with Gasteiger partial charge in [-0.1, -0.05) is 30.7 Å². The van der Waals surface area contributed by atoms with Crippen molar-refractivity contribution in [2.75, 3.05) is 11.9 Å². The Morgan fingerprint density at radius 3 is 2.52 bits per heavy atom. The molecule has 5 rings (SSSR count). The fourth-order valence-electron chi connectivity index (χ4n) is 5.47. The van der Waals surface area contributed by atoms with E-state index in [0.29, 0.717) is 5.75 Å². The largest absolute Gasteiger partial charge is 0.484 e. The number of hydrogen-bond acceptors (Lipinski definition) is 5. The van der Waals surface area contributed by atoms with Crippen molar-refractivity contribution < 1.29 is 14.3 Å². The molecule has 0 saturated heterocycles. The van der Waals surface area contributed by atoms with E-state index in [2.05, 4.69) is 33.4 Å². The number of thiophene rings is 1. The van der Waals surface area contributed by atoms with Gasteiger partial charge in [-0.05, 0) is 107 Å². The molecule has 2 N–H and O–H groups in total. The molecule has 42 heavy (non-hydrogen) atoms. The number of aromatic nitrogens is 1. The first kappa shape index (κ1) is 29.3. The van der Waals surface area contributed by atoms with E-state index < -0.39 is 0 Å². The number of benzene rings is 2. The molecule has 0 spiro atoms. The molecular weight excluding hydrogens is 544 g/mol. The van der Waals surface area contributed by atoms with Gasteiger partial charge in [0, 0.05) is 27.5 Å². The van der Waals surface area contributed by atoms with Crippen LogP contribution in [0.15, 0.2) is 53.6 Å². The zero-order chi connectivity index (χ0) is 29.8. The van der Waals surface area contributed by atoms with Crippen molar-refractivity contribution in [1.29, 1.82) is 0 Å². The van der Waals surface area contributed by atoms with E-state index in [4.69, 9.17) is 4.74 Å². The number of ether oxygens (including phenoxy) is 1. The van der Waals surface area contributed by atoms with Crippen LogP contribution in [0, 0.1) is 27.7 Å². The smallest absolute Gasteiger partial charge is 0.277 e. The fraction of sp³-hybridized carbons (Fsp3) is 0.324. The lowest BCUT2D eigenvalue weighted by molar-refractivity contribution is -0.123. The van der Waals surface area contributed by atoms with Gasteiger partial charge in [0.1, 0.15) is 10.8 Å². The summed E-state index contributed by atoms with van der Waals surface area (Å²) in [6, 6.07) is 15.9. The van der Waals surface area contributed by atoms with Gasteiger partial charge in [0.05, 0.1) is 11.8 Å². The molecule has 1 aliphatic carbocycles. The van der Waals surface area contributed by atoms with Crippen LogP contribution in [0.4, 0.5) is 5.69 Å². The summed E-state index contributed by atoms with van der Waals surface area (Å²) in [5.41, 5.74) is 11.5. The van der Waals surface area contributed by atoms with Crippen molar-refractivity contribution in [3.8, 4) is 10.8 Å². The molecule has 0 atom stereocenters. The van der Waals surface area contributed by atoms with Gasteiger partial charge >= 0.3 is 0 Å². The first-order valence-corrected chi connectivity index (χ1v) is 15.3. The van der Waals surface area contributed by atoms with E-state index in [1.165, 1.54) is 16.0 Å². The highest BCUT2D eigenvalue weighted by atomic mass is 32.1. The monoisotopic (exact) mass is 582 g/mol. The SMILES string of the molecule is CCc1cc(C)cc(OCC(=O)N/N=C/c2cc(C)n(-c3sc4c(c3C(=O)Nc3ccc(C)cc3)CCCC4)c2C)c1. The summed E-state index contributed by atoms with van der Waals surface area (Å²) in [6.45, 7) is 10.1. The molecule has 0 bridgehead atoms. The number of carbonyl (C=O) groups is 2. The van der Waals surface area contributed by atoms with Crippen molar-refractivity contribution in [2.45, 2.75) is 66.7 Å². The van der Waals surface area contributed by atoms with E-state index in [1.807, 2.05) is 70.2 Å². The molecule has 0 saturated carbocycles. The molecule has 4 aromatic rings. The second-order valence-corrected chi connectivity index (χ2v) is 12.0. The lowest BCUT2D eigenvalue weighted by atomic mass is 9.95. The molecule has 0 aliphatic heterocycles. The van der Waals surface area contributed by atoms with Gasteiger partial charge in [0.25, 0.3) is 11.8 Å². The molecule has 2 aromatic heterocycles. The summed E-state index contributed by atoms with van der Waals surface area (Å²) in [5, 5.41) is 8.27. The molecule has 0 fully saturated rings. The third-order valence-corrected chi connectivity index (χ3v) is 8.92. The van der Waals surface area contributed by atoms with E-state index in [9.17, 15) is 9.59 Å². The number of hydrazone groups is 1. The van der Waals surface area contributed by atoms with E-state index in [0.717, 1.165) is 76.4 Å². The Hall–Kier alpha value is -4.17. The molecule has 1 aliphatic rings. The number of rotatable bonds is 9. The van der Waals surface area contributed by atoms with Crippen molar-refractivity contribution >= 4 is 35.1 Å². The summed E-state index contributed by atoms with van der Waals surface area (Å²) in [6.07, 6.45) is 6.68. The molecule has 218 valence electrons. The average molecular weight is 583 g/mol. The summed E-state index contributed by atoms with van der Waals surface area (Å²) in [4.78, 5) is 27.4. The van der Waals surface area contributed by atoms with Crippen LogP contribution in [-0.2, 0) is 24.1 Å². The Morgan fingerprint density at radius 2 is 1.76 bits per heavy atom. The van der Waals surface area contributed by atoms with Gasteiger partial charge < -0.3 is 14.6 Å². The number of aryl methyl sites for hydroxylation is 5. The predicted molar refractivity (Wildman–Crippen MR) is 171 cm³/mol. The topological polar surface area (TPSA) is 84.7 Å². The maximum absolute atomic E-state index is 13.7. The number of nitrogens with zero attached hydrogens (tertiary/aromatic N) is 2. The maximum Gasteiger partial charge on any atom is 0.277 e. The van der Waals surface area contributed by atoms with Crippen LogP contribution in [0.25, 0.3) is 5.00 Å². The van der Waals surface area contributed by atoms with Gasteiger partial charge in [-0.15, -0.1) is 11.3 Å². The van der Waals surface area contributed by atoms with Crippen molar-refractivity contribution in [3.63, 3.8) is 0 Å². The summed E-state index contributed by atoms with van der Waals surface area (Å²) < 4.78 is 7.84. The van der Waals surface area contributed by atoms with Gasteiger partial charge in [-0.2, -0.15) is 5.10 Å². The molecule has 2 heterocycles. The second kappa shape index (κ2) is 12.8. The standard InChI is InChI=1S/C34H38N4O3S/c1-6-25-15-22(3)16-28(18-25)41-20-31(39)37-35-19-26-17-23(4)38(24(26)5)34-32(29-9-7-8-10-30(29)42-34)33(40)36-27-13-11-21(2)12-14-27/h11-19H,6-10,20H2,1-5H3,(H,36,40)(H,37,39)/b35-19+. The Balaban J connectivity index is 1.34. The highest BCUT2D eigenvalue weighted by Crippen LogP contribution is 2.39. The van der Waals surface area contributed by atoms with Crippen LogP contribution in [-0.4, -0.2) is 29.2 Å². The van der Waals surface area contributed by atoms with Crippen molar-refractivity contribution in [2.24, 2.45) is 5.10 Å². The summed E-state index contributed by atoms with van der Waals surface area (Å²) >= 11 is 1.71. The molecule has 0 unspecified atom stereocenters. The average Bonchev–Trinajstić information content (AvgIpc) is 3.48. The fourth-order valence-corrected chi connectivity index (χ4v) is 6.97. The third kappa shape index (κ3) is 6.49. The van der Waals surface area contributed by atoms with Crippen LogP contribution in [0.2, 0.25) is 0 Å². The van der Waals surface area contributed by atoms with Gasteiger partial charge in [0.15, 0.2) is 6.61 Å². The highest BCUT2D eigenvalue weighted by molar-refractivity contribution is 7.15. The third-order valence-electron chi connectivity index (χ3n) is 7.64. The van der Waals surface area contributed by atoms with Crippen LogP contribution >= 0.6 is 11.3 Å². The number of anilines is 1. The minimum atomic E-state index is -0.333. The number of fused-ring (bicyclic) bond motifs is 1. The highest BCUT2D eigenvalue weighted by Gasteiger charge is 2.28. The van der Waals surface area contributed by atoms with E-state index in [-0.39, 0.29) is 18.4 Å². The summed E-state index contributed by atoms with van der Waals surface area (Å²) in [7, 11) is 0.